The van der Waals surface area contributed by atoms with Crippen molar-refractivity contribution in [3.8, 4) is 17.1 Å². The van der Waals surface area contributed by atoms with Crippen molar-refractivity contribution in [1.82, 2.24) is 15.2 Å². The monoisotopic (exact) mass is 392 g/mol. The minimum absolute atomic E-state index is 0.444. The van der Waals surface area contributed by atoms with Crippen LogP contribution in [0.4, 0.5) is 5.69 Å². The molecule has 0 fully saturated rings. The fourth-order valence-corrected chi connectivity index (χ4v) is 2.63. The third-order valence-electron chi connectivity index (χ3n) is 3.38. The molecule has 0 saturated carbocycles. The van der Waals surface area contributed by atoms with Crippen molar-refractivity contribution in [2.24, 2.45) is 0 Å². The van der Waals surface area contributed by atoms with Crippen molar-refractivity contribution in [2.45, 2.75) is 6.42 Å². The van der Waals surface area contributed by atoms with E-state index in [1.54, 1.807) is 19.2 Å². The van der Waals surface area contributed by atoms with Gasteiger partial charge in [-0.25, -0.2) is 4.98 Å². The molecule has 2 aromatic carbocycles. The maximum absolute atomic E-state index is 6.09. The summed E-state index contributed by atoms with van der Waals surface area (Å²) in [7, 11) is 1.57. The summed E-state index contributed by atoms with van der Waals surface area (Å²) in [5.41, 5.74) is 8.09. The highest BCUT2D eigenvalue weighted by atomic mass is 79.9. The smallest absolute Gasteiger partial charge is 0.184 e. The van der Waals surface area contributed by atoms with Gasteiger partial charge >= 0.3 is 0 Å². The van der Waals surface area contributed by atoms with Gasteiger partial charge in [0.2, 0.25) is 0 Å². The first-order valence-corrected chi connectivity index (χ1v) is 8.03. The standard InChI is InChI=1S/C16H14BrClN4O/c1-23-14-8-13(19)12(18)7-11(14)16-20-15(21-22-16)6-9-2-4-10(17)5-3-9/h2-5,7-8H,6,19H2,1H3,(H,20,21,22). The second kappa shape index (κ2) is 6.60. The molecule has 7 heteroatoms. The van der Waals surface area contributed by atoms with Crippen molar-refractivity contribution in [3.05, 3.63) is 57.3 Å². The number of aromatic amines is 1. The minimum Gasteiger partial charge on any atom is -0.496 e. The Bertz CT molecular complexity index is 833. The Labute approximate surface area is 147 Å². The predicted molar refractivity (Wildman–Crippen MR) is 94.7 cm³/mol. The summed E-state index contributed by atoms with van der Waals surface area (Å²) >= 11 is 9.51. The largest absolute Gasteiger partial charge is 0.496 e. The molecule has 0 radical (unpaired) electrons. The van der Waals surface area contributed by atoms with Crippen molar-refractivity contribution < 1.29 is 4.74 Å². The molecule has 1 aromatic heterocycles. The highest BCUT2D eigenvalue weighted by molar-refractivity contribution is 9.10. The third kappa shape index (κ3) is 3.48. The molecule has 0 aliphatic rings. The molecule has 118 valence electrons. The quantitative estimate of drug-likeness (QED) is 0.655. The van der Waals surface area contributed by atoms with E-state index in [2.05, 4.69) is 31.1 Å². The molecule has 0 atom stereocenters. The molecule has 3 rings (SSSR count). The van der Waals surface area contributed by atoms with Crippen LogP contribution >= 0.6 is 27.5 Å². The maximum atomic E-state index is 6.09. The fourth-order valence-electron chi connectivity index (χ4n) is 2.20. The van der Waals surface area contributed by atoms with Gasteiger partial charge in [0.05, 0.1) is 23.4 Å². The Morgan fingerprint density at radius 1 is 1.26 bits per heavy atom. The van der Waals surface area contributed by atoms with Crippen LogP contribution in [0.25, 0.3) is 11.4 Å². The molecule has 0 spiro atoms. The molecule has 1 heterocycles. The lowest BCUT2D eigenvalue weighted by atomic mass is 10.1. The number of benzene rings is 2. The van der Waals surface area contributed by atoms with E-state index in [0.29, 0.717) is 34.3 Å². The number of H-pyrrole nitrogens is 1. The molecule has 23 heavy (non-hydrogen) atoms. The lowest BCUT2D eigenvalue weighted by Crippen LogP contribution is -1.94. The highest BCUT2D eigenvalue weighted by Gasteiger charge is 2.14. The van der Waals surface area contributed by atoms with Crippen LogP contribution in [0.1, 0.15) is 11.4 Å². The first-order chi connectivity index (χ1) is 11.1. The van der Waals surface area contributed by atoms with Gasteiger partial charge in [0.15, 0.2) is 5.82 Å². The van der Waals surface area contributed by atoms with Gasteiger partial charge in [-0.15, -0.1) is 0 Å². The Morgan fingerprint density at radius 2 is 2.00 bits per heavy atom. The molecule has 0 unspecified atom stereocenters. The zero-order valence-electron chi connectivity index (χ0n) is 12.3. The van der Waals surface area contributed by atoms with Gasteiger partial charge in [-0.1, -0.05) is 39.7 Å². The van der Waals surface area contributed by atoms with Crippen molar-refractivity contribution >= 4 is 33.2 Å². The lowest BCUT2D eigenvalue weighted by molar-refractivity contribution is 0.416. The summed E-state index contributed by atoms with van der Waals surface area (Å²) in [5, 5.41) is 7.65. The van der Waals surface area contributed by atoms with E-state index in [-0.39, 0.29) is 0 Å². The highest BCUT2D eigenvalue weighted by Crippen LogP contribution is 2.34. The number of nitrogens with one attached hydrogen (secondary N) is 1. The minimum atomic E-state index is 0.444. The lowest BCUT2D eigenvalue weighted by Gasteiger charge is -2.07. The van der Waals surface area contributed by atoms with E-state index in [1.165, 1.54) is 0 Å². The number of methoxy groups -OCH3 is 1. The Balaban J connectivity index is 1.90. The topological polar surface area (TPSA) is 76.8 Å². The molecule has 3 aromatic rings. The molecule has 0 saturated heterocycles. The number of anilines is 1. The fraction of sp³-hybridized carbons (Fsp3) is 0.125. The second-order valence-corrected chi connectivity index (χ2v) is 6.31. The summed E-state index contributed by atoms with van der Waals surface area (Å²) in [5.74, 6) is 1.87. The van der Waals surface area contributed by atoms with Gasteiger partial charge in [0, 0.05) is 17.0 Å². The second-order valence-electron chi connectivity index (χ2n) is 4.98. The molecule has 0 aliphatic carbocycles. The number of hydrogen-bond acceptors (Lipinski definition) is 4. The number of nitrogens with zero attached hydrogens (tertiary/aromatic N) is 2. The normalized spacial score (nSPS) is 10.7. The SMILES string of the molecule is COc1cc(N)c(Cl)cc1-c1n[nH]c(Cc2ccc(Br)cc2)n1. The Kier molecular flexibility index (Phi) is 4.54. The van der Waals surface area contributed by atoms with Crippen LogP contribution in [0.15, 0.2) is 40.9 Å². The zero-order chi connectivity index (χ0) is 16.4. The van der Waals surface area contributed by atoms with Gasteiger partial charge in [-0.3, -0.25) is 5.10 Å². The maximum Gasteiger partial charge on any atom is 0.184 e. The number of aromatic nitrogens is 3. The molecular formula is C16H14BrClN4O. The molecule has 0 bridgehead atoms. The predicted octanol–water partition coefficient (Wildman–Crippen LogP) is 4.07. The van der Waals surface area contributed by atoms with Crippen LogP contribution in [-0.4, -0.2) is 22.3 Å². The van der Waals surface area contributed by atoms with Crippen LogP contribution in [0.3, 0.4) is 0 Å². The van der Waals surface area contributed by atoms with Gasteiger partial charge < -0.3 is 10.5 Å². The zero-order valence-corrected chi connectivity index (χ0v) is 14.6. The third-order valence-corrected chi connectivity index (χ3v) is 4.23. The molecular weight excluding hydrogens is 380 g/mol. The molecule has 0 amide bonds. The Morgan fingerprint density at radius 3 is 2.70 bits per heavy atom. The number of nitrogens with two attached hydrogens (primary N) is 1. The van der Waals surface area contributed by atoms with E-state index in [4.69, 9.17) is 22.1 Å². The van der Waals surface area contributed by atoms with Gasteiger partial charge in [-0.05, 0) is 23.8 Å². The first kappa shape index (κ1) is 15.8. The average Bonchev–Trinajstić information content (AvgIpc) is 3.00. The van der Waals surface area contributed by atoms with Gasteiger partial charge in [0.1, 0.15) is 11.6 Å². The summed E-state index contributed by atoms with van der Waals surface area (Å²) in [6.45, 7) is 0. The molecule has 3 N–H and O–H groups in total. The van der Waals surface area contributed by atoms with E-state index >= 15 is 0 Å². The van der Waals surface area contributed by atoms with E-state index in [0.717, 1.165) is 15.9 Å². The number of hydrogen-bond donors (Lipinski definition) is 2. The number of nitrogen functional groups attached to an aromatic ring is 1. The number of rotatable bonds is 4. The van der Waals surface area contributed by atoms with Gasteiger partial charge in [-0.2, -0.15) is 5.10 Å². The van der Waals surface area contributed by atoms with Crippen LogP contribution in [-0.2, 0) is 6.42 Å². The van der Waals surface area contributed by atoms with Crippen LogP contribution in [0.2, 0.25) is 5.02 Å². The summed E-state index contributed by atoms with van der Waals surface area (Å²) in [6.07, 6.45) is 0.658. The summed E-state index contributed by atoms with van der Waals surface area (Å²) in [4.78, 5) is 4.52. The van der Waals surface area contributed by atoms with Crippen molar-refractivity contribution in [1.29, 1.82) is 0 Å². The Hall–Kier alpha value is -2.05. The number of ether oxygens (including phenoxy) is 1. The van der Waals surface area contributed by atoms with Gasteiger partial charge in [0.25, 0.3) is 0 Å². The van der Waals surface area contributed by atoms with Crippen LogP contribution < -0.4 is 10.5 Å². The van der Waals surface area contributed by atoms with Crippen LogP contribution in [0.5, 0.6) is 5.75 Å². The van der Waals surface area contributed by atoms with E-state index in [1.807, 2.05) is 24.3 Å². The summed E-state index contributed by atoms with van der Waals surface area (Å²) < 4.78 is 6.38. The van der Waals surface area contributed by atoms with Crippen molar-refractivity contribution in [2.75, 3.05) is 12.8 Å². The molecule has 0 aliphatic heterocycles. The molecule has 5 nitrogen and oxygen atoms in total. The summed E-state index contributed by atoms with van der Waals surface area (Å²) in [6, 6.07) is 11.4. The number of halogens is 2. The van der Waals surface area contributed by atoms with Crippen molar-refractivity contribution in [3.63, 3.8) is 0 Å². The van der Waals surface area contributed by atoms with Crippen LogP contribution in [0, 0.1) is 0 Å². The first-order valence-electron chi connectivity index (χ1n) is 6.86. The average molecular weight is 394 g/mol. The van der Waals surface area contributed by atoms with E-state index in [9.17, 15) is 0 Å². The van der Waals surface area contributed by atoms with E-state index < -0.39 is 0 Å².